The Morgan fingerprint density at radius 2 is 2.05 bits per heavy atom. The van der Waals surface area contributed by atoms with Gasteiger partial charge in [0, 0.05) is 15.6 Å². The van der Waals surface area contributed by atoms with E-state index in [9.17, 15) is 9.65 Å². The van der Waals surface area contributed by atoms with Crippen molar-refractivity contribution < 1.29 is 9.13 Å². The summed E-state index contributed by atoms with van der Waals surface area (Å²) < 4.78 is 19.9. The summed E-state index contributed by atoms with van der Waals surface area (Å²) in [6.45, 7) is 0. The first-order valence-corrected chi connectivity index (χ1v) is 6.65. The highest BCUT2D eigenvalue weighted by Crippen LogP contribution is 2.28. The van der Waals surface area contributed by atoms with Crippen molar-refractivity contribution in [2.75, 3.05) is 7.11 Å². The van der Waals surface area contributed by atoms with Crippen molar-refractivity contribution in [2.24, 2.45) is 0 Å². The van der Waals surface area contributed by atoms with Gasteiger partial charge in [-0.2, -0.15) is 5.26 Å². The first kappa shape index (κ1) is 14.3. The molecular formula is C16H11BrFNO. The maximum Gasteiger partial charge on any atom is 0.131 e. The Morgan fingerprint density at radius 1 is 1.30 bits per heavy atom. The van der Waals surface area contributed by atoms with Gasteiger partial charge in [-0.15, -0.1) is 0 Å². The SMILES string of the molecule is COc1ccc(Br)cc1/C=C(/C#N)c1ccccc1F. The van der Waals surface area contributed by atoms with Gasteiger partial charge in [0.2, 0.25) is 0 Å². The van der Waals surface area contributed by atoms with E-state index in [4.69, 9.17) is 4.74 Å². The van der Waals surface area contributed by atoms with Gasteiger partial charge < -0.3 is 4.74 Å². The number of nitriles is 1. The maximum atomic E-state index is 13.8. The highest BCUT2D eigenvalue weighted by atomic mass is 79.9. The van der Waals surface area contributed by atoms with Crippen molar-refractivity contribution in [1.82, 2.24) is 0 Å². The zero-order valence-corrected chi connectivity index (χ0v) is 12.3. The number of rotatable bonds is 3. The van der Waals surface area contributed by atoms with Crippen LogP contribution in [0.3, 0.4) is 0 Å². The van der Waals surface area contributed by atoms with Crippen LogP contribution < -0.4 is 4.74 Å². The van der Waals surface area contributed by atoms with Crippen LogP contribution in [0.2, 0.25) is 0 Å². The number of hydrogen-bond acceptors (Lipinski definition) is 2. The fourth-order valence-corrected chi connectivity index (χ4v) is 2.20. The Labute approximate surface area is 125 Å². The van der Waals surface area contributed by atoms with Crippen molar-refractivity contribution in [1.29, 1.82) is 5.26 Å². The number of benzene rings is 2. The highest BCUT2D eigenvalue weighted by molar-refractivity contribution is 9.10. The number of hydrogen-bond donors (Lipinski definition) is 0. The van der Waals surface area contributed by atoms with E-state index in [2.05, 4.69) is 15.9 Å². The van der Waals surface area contributed by atoms with Gasteiger partial charge in [0.05, 0.1) is 18.8 Å². The molecule has 0 bridgehead atoms. The lowest BCUT2D eigenvalue weighted by Gasteiger charge is -2.07. The molecular weight excluding hydrogens is 321 g/mol. The molecule has 0 saturated carbocycles. The van der Waals surface area contributed by atoms with Crippen LogP contribution in [0.15, 0.2) is 46.9 Å². The largest absolute Gasteiger partial charge is 0.496 e. The molecule has 0 aliphatic rings. The number of ether oxygens (including phenoxy) is 1. The Hall–Kier alpha value is -2.12. The minimum absolute atomic E-state index is 0.250. The third kappa shape index (κ3) is 3.06. The van der Waals surface area contributed by atoms with Gasteiger partial charge in [0.1, 0.15) is 11.6 Å². The molecule has 2 nitrogen and oxygen atoms in total. The van der Waals surface area contributed by atoms with E-state index in [1.165, 1.54) is 6.07 Å². The zero-order chi connectivity index (χ0) is 14.5. The Morgan fingerprint density at radius 3 is 2.70 bits per heavy atom. The summed E-state index contributed by atoms with van der Waals surface area (Å²) >= 11 is 3.37. The average Bonchev–Trinajstić information content (AvgIpc) is 2.46. The molecule has 0 aliphatic heterocycles. The molecule has 0 fully saturated rings. The molecule has 4 heteroatoms. The summed E-state index contributed by atoms with van der Waals surface area (Å²) in [6.07, 6.45) is 1.61. The van der Waals surface area contributed by atoms with Crippen LogP contribution >= 0.6 is 15.9 Å². The third-order valence-electron chi connectivity index (χ3n) is 2.78. The topological polar surface area (TPSA) is 33.0 Å². The monoisotopic (exact) mass is 331 g/mol. The van der Waals surface area contributed by atoms with E-state index >= 15 is 0 Å². The quantitative estimate of drug-likeness (QED) is 0.605. The predicted octanol–water partition coefficient (Wildman–Crippen LogP) is 4.66. The predicted molar refractivity (Wildman–Crippen MR) is 80.6 cm³/mol. The Kier molecular flexibility index (Phi) is 4.54. The normalized spacial score (nSPS) is 11.0. The second-order valence-electron chi connectivity index (χ2n) is 4.04. The van der Waals surface area contributed by atoms with E-state index in [1.807, 2.05) is 18.2 Å². The van der Waals surface area contributed by atoms with Gasteiger partial charge >= 0.3 is 0 Å². The Balaban J connectivity index is 2.56. The molecule has 0 atom stereocenters. The van der Waals surface area contributed by atoms with Crippen LogP contribution in [0, 0.1) is 17.1 Å². The smallest absolute Gasteiger partial charge is 0.131 e. The molecule has 0 N–H and O–H groups in total. The van der Waals surface area contributed by atoms with Crippen LogP contribution in [-0.2, 0) is 0 Å². The minimum Gasteiger partial charge on any atom is -0.496 e. The van der Waals surface area contributed by atoms with Crippen molar-refractivity contribution in [2.45, 2.75) is 0 Å². The number of methoxy groups -OCH3 is 1. The first-order valence-electron chi connectivity index (χ1n) is 5.86. The van der Waals surface area contributed by atoms with Crippen LogP contribution in [0.25, 0.3) is 11.6 Å². The van der Waals surface area contributed by atoms with Crippen LogP contribution in [0.5, 0.6) is 5.75 Å². The summed E-state index contributed by atoms with van der Waals surface area (Å²) in [5.74, 6) is 0.201. The summed E-state index contributed by atoms with van der Waals surface area (Å²) in [6, 6.07) is 13.7. The van der Waals surface area contributed by atoms with Gasteiger partial charge in [-0.05, 0) is 30.3 Å². The van der Waals surface area contributed by atoms with Crippen molar-refractivity contribution in [3.8, 4) is 11.8 Å². The van der Waals surface area contributed by atoms with E-state index in [0.717, 1.165) is 4.47 Å². The van der Waals surface area contributed by atoms with Crippen molar-refractivity contribution >= 4 is 27.6 Å². The fraction of sp³-hybridized carbons (Fsp3) is 0.0625. The second-order valence-corrected chi connectivity index (χ2v) is 4.95. The van der Waals surface area contributed by atoms with Gasteiger partial charge in [0.25, 0.3) is 0 Å². The molecule has 2 aromatic rings. The molecule has 0 saturated heterocycles. The van der Waals surface area contributed by atoms with Gasteiger partial charge in [-0.25, -0.2) is 4.39 Å². The number of halogens is 2. The lowest BCUT2D eigenvalue weighted by Crippen LogP contribution is -1.90. The molecule has 0 spiro atoms. The standard InChI is InChI=1S/C16H11BrFNO/c1-20-16-7-6-13(17)9-11(16)8-12(10-19)14-4-2-3-5-15(14)18/h2-9H,1H3/b12-8-. The van der Waals surface area contributed by atoms with E-state index in [1.54, 1.807) is 37.5 Å². The van der Waals surface area contributed by atoms with E-state index in [-0.39, 0.29) is 11.1 Å². The lowest BCUT2D eigenvalue weighted by atomic mass is 10.0. The summed E-state index contributed by atoms with van der Waals surface area (Å²) in [4.78, 5) is 0. The third-order valence-corrected chi connectivity index (χ3v) is 3.27. The fourth-order valence-electron chi connectivity index (χ4n) is 1.82. The molecule has 100 valence electrons. The number of allylic oxidation sites excluding steroid dienone is 1. The average molecular weight is 332 g/mol. The Bertz CT molecular complexity index is 704. The molecule has 0 aliphatic carbocycles. The molecule has 0 amide bonds. The molecule has 0 heterocycles. The first-order chi connectivity index (χ1) is 9.65. The van der Waals surface area contributed by atoms with E-state index < -0.39 is 5.82 Å². The van der Waals surface area contributed by atoms with Crippen LogP contribution in [-0.4, -0.2) is 7.11 Å². The lowest BCUT2D eigenvalue weighted by molar-refractivity contribution is 0.414. The van der Waals surface area contributed by atoms with E-state index in [0.29, 0.717) is 11.3 Å². The molecule has 2 aromatic carbocycles. The van der Waals surface area contributed by atoms with Crippen LogP contribution in [0.1, 0.15) is 11.1 Å². The van der Waals surface area contributed by atoms with Gasteiger partial charge in [-0.3, -0.25) is 0 Å². The minimum atomic E-state index is -0.422. The summed E-state index contributed by atoms with van der Waals surface area (Å²) in [5, 5.41) is 9.26. The number of nitrogens with zero attached hydrogens (tertiary/aromatic N) is 1. The van der Waals surface area contributed by atoms with Crippen molar-refractivity contribution in [3.63, 3.8) is 0 Å². The molecule has 2 rings (SSSR count). The van der Waals surface area contributed by atoms with Gasteiger partial charge in [0.15, 0.2) is 0 Å². The second kappa shape index (κ2) is 6.36. The van der Waals surface area contributed by atoms with Crippen LogP contribution in [0.4, 0.5) is 4.39 Å². The summed E-state index contributed by atoms with van der Waals surface area (Å²) in [5.41, 5.74) is 1.23. The maximum absolute atomic E-state index is 13.8. The molecule has 0 unspecified atom stereocenters. The van der Waals surface area contributed by atoms with Crippen molar-refractivity contribution in [3.05, 3.63) is 63.9 Å². The van der Waals surface area contributed by atoms with Gasteiger partial charge in [-0.1, -0.05) is 34.1 Å². The highest BCUT2D eigenvalue weighted by Gasteiger charge is 2.09. The molecule has 20 heavy (non-hydrogen) atoms. The molecule has 0 aromatic heterocycles. The molecule has 0 radical (unpaired) electrons. The zero-order valence-electron chi connectivity index (χ0n) is 10.7. The summed E-state index contributed by atoms with van der Waals surface area (Å²) in [7, 11) is 1.55.